The van der Waals surface area contributed by atoms with Gasteiger partial charge in [-0.1, -0.05) is 38.1 Å². The zero-order chi connectivity index (χ0) is 12.8. The zero-order valence-electron chi connectivity index (χ0n) is 11.6. The Hall–Kier alpha value is -0.860. The van der Waals surface area contributed by atoms with Crippen LogP contribution in [0.15, 0.2) is 24.3 Å². The standard InChI is InChI=1S/C16H25NO/c1-3-13-5-7-14(8-6-13)11-16(17-4-2)15-9-10-18-12-15/h5-8,15-17H,3-4,9-12H2,1-2H3. The first kappa shape index (κ1) is 13.6. The summed E-state index contributed by atoms with van der Waals surface area (Å²) in [6.07, 6.45) is 3.43. The molecule has 1 N–H and O–H groups in total. The number of hydrogen-bond acceptors (Lipinski definition) is 2. The highest BCUT2D eigenvalue weighted by atomic mass is 16.5. The summed E-state index contributed by atoms with van der Waals surface area (Å²) < 4.78 is 5.52. The molecular weight excluding hydrogens is 222 g/mol. The molecule has 0 radical (unpaired) electrons. The number of hydrogen-bond donors (Lipinski definition) is 1. The number of nitrogens with one attached hydrogen (secondary N) is 1. The Bertz CT molecular complexity index is 341. The van der Waals surface area contributed by atoms with Gasteiger partial charge in [-0.2, -0.15) is 0 Å². The molecule has 1 aromatic rings. The van der Waals surface area contributed by atoms with Crippen molar-refractivity contribution in [1.82, 2.24) is 5.32 Å². The number of aryl methyl sites for hydroxylation is 1. The molecule has 0 bridgehead atoms. The second kappa shape index (κ2) is 6.91. The molecule has 2 atom stereocenters. The molecule has 0 amide bonds. The molecule has 0 saturated carbocycles. The minimum absolute atomic E-state index is 0.560. The number of benzene rings is 1. The fourth-order valence-electron chi connectivity index (χ4n) is 2.70. The highest BCUT2D eigenvalue weighted by Gasteiger charge is 2.25. The molecule has 0 aliphatic carbocycles. The van der Waals surface area contributed by atoms with Crippen molar-refractivity contribution in [3.8, 4) is 0 Å². The van der Waals surface area contributed by atoms with Crippen LogP contribution in [0.1, 0.15) is 31.4 Å². The third kappa shape index (κ3) is 3.56. The SMILES string of the molecule is CCNC(Cc1ccc(CC)cc1)C1CCOC1. The molecule has 1 aliphatic heterocycles. The summed E-state index contributed by atoms with van der Waals surface area (Å²) in [4.78, 5) is 0. The second-order valence-corrected chi connectivity index (χ2v) is 5.16. The molecule has 0 spiro atoms. The highest BCUT2D eigenvalue weighted by Crippen LogP contribution is 2.20. The average molecular weight is 247 g/mol. The van der Waals surface area contributed by atoms with E-state index in [0.29, 0.717) is 12.0 Å². The second-order valence-electron chi connectivity index (χ2n) is 5.16. The van der Waals surface area contributed by atoms with Gasteiger partial charge in [-0.3, -0.25) is 0 Å². The Morgan fingerprint density at radius 2 is 1.94 bits per heavy atom. The van der Waals surface area contributed by atoms with Crippen LogP contribution in [0.4, 0.5) is 0 Å². The van der Waals surface area contributed by atoms with E-state index in [1.165, 1.54) is 17.5 Å². The lowest BCUT2D eigenvalue weighted by Gasteiger charge is -2.23. The summed E-state index contributed by atoms with van der Waals surface area (Å²) >= 11 is 0. The van der Waals surface area contributed by atoms with E-state index in [1.807, 2.05) is 0 Å². The maximum Gasteiger partial charge on any atom is 0.0510 e. The third-order valence-electron chi connectivity index (χ3n) is 3.89. The van der Waals surface area contributed by atoms with E-state index in [0.717, 1.165) is 32.6 Å². The Labute approximate surface area is 111 Å². The molecule has 2 heteroatoms. The third-order valence-corrected chi connectivity index (χ3v) is 3.89. The Balaban J connectivity index is 1.98. The topological polar surface area (TPSA) is 21.3 Å². The largest absolute Gasteiger partial charge is 0.381 e. The van der Waals surface area contributed by atoms with Crippen LogP contribution in [0, 0.1) is 5.92 Å². The van der Waals surface area contributed by atoms with Crippen LogP contribution in [0.3, 0.4) is 0 Å². The van der Waals surface area contributed by atoms with Crippen LogP contribution in [0.2, 0.25) is 0 Å². The first-order valence-electron chi connectivity index (χ1n) is 7.22. The van der Waals surface area contributed by atoms with E-state index >= 15 is 0 Å². The Morgan fingerprint density at radius 3 is 2.50 bits per heavy atom. The van der Waals surface area contributed by atoms with Crippen molar-refractivity contribution in [3.63, 3.8) is 0 Å². The van der Waals surface area contributed by atoms with Gasteiger partial charge in [0, 0.05) is 18.6 Å². The lowest BCUT2D eigenvalue weighted by molar-refractivity contribution is 0.176. The minimum atomic E-state index is 0.560. The van der Waals surface area contributed by atoms with Crippen LogP contribution in [-0.2, 0) is 17.6 Å². The highest BCUT2D eigenvalue weighted by molar-refractivity contribution is 5.23. The van der Waals surface area contributed by atoms with Gasteiger partial charge >= 0.3 is 0 Å². The fraction of sp³-hybridized carbons (Fsp3) is 0.625. The lowest BCUT2D eigenvalue weighted by Crippen LogP contribution is -2.38. The predicted octanol–water partition coefficient (Wildman–Crippen LogP) is 2.81. The molecule has 2 unspecified atom stereocenters. The zero-order valence-corrected chi connectivity index (χ0v) is 11.6. The van der Waals surface area contributed by atoms with Crippen LogP contribution in [0.5, 0.6) is 0 Å². The van der Waals surface area contributed by atoms with Gasteiger partial charge in [0.25, 0.3) is 0 Å². The van der Waals surface area contributed by atoms with Gasteiger partial charge < -0.3 is 10.1 Å². The molecule has 0 aromatic heterocycles. The van der Waals surface area contributed by atoms with Crippen LogP contribution in [0.25, 0.3) is 0 Å². The maximum atomic E-state index is 5.52. The minimum Gasteiger partial charge on any atom is -0.381 e. The summed E-state index contributed by atoms with van der Waals surface area (Å²) in [7, 11) is 0. The molecule has 1 heterocycles. The fourth-order valence-corrected chi connectivity index (χ4v) is 2.70. The molecule has 1 aliphatic rings. The molecule has 2 rings (SSSR count). The van der Waals surface area contributed by atoms with Gasteiger partial charge in [-0.15, -0.1) is 0 Å². The summed E-state index contributed by atoms with van der Waals surface area (Å²) in [6, 6.07) is 9.62. The molecule has 2 nitrogen and oxygen atoms in total. The Morgan fingerprint density at radius 1 is 1.22 bits per heavy atom. The summed E-state index contributed by atoms with van der Waals surface area (Å²) in [6.45, 7) is 7.27. The number of likely N-dealkylation sites (N-methyl/N-ethyl adjacent to an activating group) is 1. The number of rotatable bonds is 6. The van der Waals surface area contributed by atoms with Gasteiger partial charge in [-0.05, 0) is 36.9 Å². The first-order chi connectivity index (χ1) is 8.83. The van der Waals surface area contributed by atoms with Crippen molar-refractivity contribution in [2.24, 2.45) is 5.92 Å². The van der Waals surface area contributed by atoms with Crippen molar-refractivity contribution in [3.05, 3.63) is 35.4 Å². The first-order valence-corrected chi connectivity index (χ1v) is 7.22. The van der Waals surface area contributed by atoms with E-state index in [4.69, 9.17) is 4.74 Å². The lowest BCUT2D eigenvalue weighted by atomic mass is 9.92. The summed E-state index contributed by atoms with van der Waals surface area (Å²) in [5, 5.41) is 3.62. The van der Waals surface area contributed by atoms with E-state index in [-0.39, 0.29) is 0 Å². The molecule has 1 aromatic carbocycles. The van der Waals surface area contributed by atoms with Gasteiger partial charge in [0.15, 0.2) is 0 Å². The van der Waals surface area contributed by atoms with Crippen LogP contribution >= 0.6 is 0 Å². The monoisotopic (exact) mass is 247 g/mol. The van der Waals surface area contributed by atoms with Crippen molar-refractivity contribution in [2.45, 2.75) is 39.2 Å². The predicted molar refractivity (Wildman–Crippen MR) is 75.9 cm³/mol. The average Bonchev–Trinajstić information content (AvgIpc) is 2.93. The smallest absolute Gasteiger partial charge is 0.0510 e. The van der Waals surface area contributed by atoms with Gasteiger partial charge in [0.2, 0.25) is 0 Å². The maximum absolute atomic E-state index is 5.52. The molecule has 1 saturated heterocycles. The van der Waals surface area contributed by atoms with Gasteiger partial charge in [-0.25, -0.2) is 0 Å². The molecule has 18 heavy (non-hydrogen) atoms. The van der Waals surface area contributed by atoms with Crippen LogP contribution < -0.4 is 5.32 Å². The van der Waals surface area contributed by atoms with Gasteiger partial charge in [0.05, 0.1) is 6.61 Å². The van der Waals surface area contributed by atoms with Crippen molar-refractivity contribution < 1.29 is 4.74 Å². The van der Waals surface area contributed by atoms with Gasteiger partial charge in [0.1, 0.15) is 0 Å². The molecule has 100 valence electrons. The Kier molecular flexibility index (Phi) is 5.21. The van der Waals surface area contributed by atoms with Crippen molar-refractivity contribution in [1.29, 1.82) is 0 Å². The quantitative estimate of drug-likeness (QED) is 0.834. The van der Waals surface area contributed by atoms with E-state index in [2.05, 4.69) is 43.4 Å². The summed E-state index contributed by atoms with van der Waals surface area (Å²) in [5.74, 6) is 0.677. The van der Waals surface area contributed by atoms with Crippen molar-refractivity contribution in [2.75, 3.05) is 19.8 Å². The molecule has 1 fully saturated rings. The van der Waals surface area contributed by atoms with Crippen LogP contribution in [-0.4, -0.2) is 25.8 Å². The van der Waals surface area contributed by atoms with E-state index in [9.17, 15) is 0 Å². The molecular formula is C16H25NO. The van der Waals surface area contributed by atoms with Crippen molar-refractivity contribution >= 4 is 0 Å². The normalized spacial score (nSPS) is 21.1. The van der Waals surface area contributed by atoms with E-state index < -0.39 is 0 Å². The van der Waals surface area contributed by atoms with E-state index in [1.54, 1.807) is 0 Å². The number of ether oxygens (including phenoxy) is 1. The summed E-state index contributed by atoms with van der Waals surface area (Å²) in [5.41, 5.74) is 2.85.